The summed E-state index contributed by atoms with van der Waals surface area (Å²) in [5.74, 6) is 0. The van der Waals surface area contributed by atoms with Gasteiger partial charge in [-0.1, -0.05) is 23.7 Å². The number of hydrogen-bond acceptors (Lipinski definition) is 4. The molecule has 1 fully saturated rings. The molecule has 2 aromatic carbocycles. The highest BCUT2D eigenvalue weighted by Crippen LogP contribution is 2.32. The lowest BCUT2D eigenvalue weighted by Gasteiger charge is -2.22. The fourth-order valence-corrected chi connectivity index (χ4v) is 4.29. The number of nitrogens with two attached hydrogens (primary N) is 1. The Balaban J connectivity index is 2.02. The second kappa shape index (κ2) is 6.29. The van der Waals surface area contributed by atoms with E-state index in [9.17, 15) is 8.42 Å². The molecule has 1 aliphatic heterocycles. The molecule has 23 heavy (non-hydrogen) atoms. The van der Waals surface area contributed by atoms with E-state index in [4.69, 9.17) is 17.3 Å². The van der Waals surface area contributed by atoms with Gasteiger partial charge in [0.2, 0.25) is 0 Å². The first-order valence-electron chi connectivity index (χ1n) is 7.39. The number of hydrogen-bond donors (Lipinski definition) is 2. The largest absolute Gasteiger partial charge is 0.399 e. The second-order valence-electron chi connectivity index (χ2n) is 5.51. The van der Waals surface area contributed by atoms with Crippen molar-refractivity contribution in [3.63, 3.8) is 0 Å². The van der Waals surface area contributed by atoms with Crippen LogP contribution in [0, 0.1) is 0 Å². The lowest BCUT2D eigenvalue weighted by atomic mass is 10.2. The van der Waals surface area contributed by atoms with E-state index in [2.05, 4.69) is 9.62 Å². The predicted octanol–water partition coefficient (Wildman–Crippen LogP) is 3.32. The van der Waals surface area contributed by atoms with Crippen molar-refractivity contribution in [1.29, 1.82) is 0 Å². The van der Waals surface area contributed by atoms with Crippen LogP contribution in [0.4, 0.5) is 17.1 Å². The van der Waals surface area contributed by atoms with Crippen molar-refractivity contribution in [3.8, 4) is 0 Å². The molecule has 0 spiro atoms. The number of nitrogens with one attached hydrogen (secondary N) is 1. The normalized spacial score (nSPS) is 14.9. The van der Waals surface area contributed by atoms with Crippen LogP contribution in [0.1, 0.15) is 12.8 Å². The van der Waals surface area contributed by atoms with Crippen LogP contribution in [0.5, 0.6) is 0 Å². The zero-order valence-corrected chi connectivity index (χ0v) is 14.1. The zero-order chi connectivity index (χ0) is 16.4. The van der Waals surface area contributed by atoms with Crippen LogP contribution in [0.25, 0.3) is 0 Å². The fraction of sp³-hybridized carbons (Fsp3) is 0.250. The third kappa shape index (κ3) is 3.38. The summed E-state index contributed by atoms with van der Waals surface area (Å²) in [6.07, 6.45) is 2.11. The molecule has 0 aromatic heterocycles. The first-order chi connectivity index (χ1) is 11.0. The summed E-state index contributed by atoms with van der Waals surface area (Å²) in [6.45, 7) is 1.69. The molecule has 0 unspecified atom stereocenters. The summed E-state index contributed by atoms with van der Waals surface area (Å²) in [4.78, 5) is 2.25. The van der Waals surface area contributed by atoms with Crippen molar-refractivity contribution < 1.29 is 8.42 Å². The molecule has 122 valence electrons. The molecule has 0 bridgehead atoms. The number of rotatable bonds is 4. The van der Waals surface area contributed by atoms with Crippen molar-refractivity contribution in [1.82, 2.24) is 0 Å². The van der Waals surface area contributed by atoms with E-state index in [1.165, 1.54) is 6.07 Å². The minimum absolute atomic E-state index is 0.180. The average Bonchev–Trinajstić information content (AvgIpc) is 3.03. The third-order valence-corrected chi connectivity index (χ3v) is 5.56. The molecule has 1 aliphatic rings. The monoisotopic (exact) mass is 351 g/mol. The second-order valence-corrected chi connectivity index (χ2v) is 7.56. The quantitative estimate of drug-likeness (QED) is 0.828. The number of anilines is 3. The fourth-order valence-electron chi connectivity index (χ4n) is 2.71. The van der Waals surface area contributed by atoms with E-state index in [1.54, 1.807) is 36.4 Å². The Morgan fingerprint density at radius 2 is 1.78 bits per heavy atom. The van der Waals surface area contributed by atoms with Gasteiger partial charge < -0.3 is 10.6 Å². The van der Waals surface area contributed by atoms with E-state index in [0.717, 1.165) is 25.9 Å². The van der Waals surface area contributed by atoms with E-state index in [-0.39, 0.29) is 4.90 Å². The van der Waals surface area contributed by atoms with Gasteiger partial charge in [0.05, 0.1) is 16.4 Å². The van der Waals surface area contributed by atoms with Gasteiger partial charge in [0.15, 0.2) is 0 Å². The van der Waals surface area contributed by atoms with Crippen LogP contribution >= 0.6 is 11.6 Å². The molecule has 1 saturated heterocycles. The van der Waals surface area contributed by atoms with Gasteiger partial charge in [-0.25, -0.2) is 8.42 Å². The molecule has 0 amide bonds. The Hall–Kier alpha value is -1.92. The third-order valence-electron chi connectivity index (χ3n) is 3.84. The Labute approximate surface area is 141 Å². The molecule has 0 aliphatic carbocycles. The van der Waals surface area contributed by atoms with Gasteiger partial charge in [-0.3, -0.25) is 4.72 Å². The summed E-state index contributed by atoms with van der Waals surface area (Å²) in [5, 5.41) is 0.350. The highest BCUT2D eigenvalue weighted by Gasteiger charge is 2.24. The molecular formula is C16H18ClN3O2S. The summed E-state index contributed by atoms with van der Waals surface area (Å²) >= 11 is 6.05. The van der Waals surface area contributed by atoms with E-state index in [0.29, 0.717) is 22.1 Å². The molecule has 0 saturated carbocycles. The number of nitrogen functional groups attached to an aromatic ring is 1. The van der Waals surface area contributed by atoms with E-state index >= 15 is 0 Å². The Bertz CT molecular complexity index is 818. The highest BCUT2D eigenvalue weighted by atomic mass is 35.5. The van der Waals surface area contributed by atoms with Gasteiger partial charge >= 0.3 is 0 Å². The molecule has 5 nitrogen and oxygen atoms in total. The number of halogens is 1. The maximum atomic E-state index is 12.8. The Morgan fingerprint density at radius 3 is 2.48 bits per heavy atom. The van der Waals surface area contributed by atoms with Crippen LogP contribution in [-0.2, 0) is 10.0 Å². The maximum Gasteiger partial charge on any atom is 0.264 e. The molecule has 3 rings (SSSR count). The summed E-state index contributed by atoms with van der Waals surface area (Å²) in [6, 6.07) is 11.7. The van der Waals surface area contributed by atoms with Gasteiger partial charge in [-0.2, -0.15) is 0 Å². The average molecular weight is 352 g/mol. The van der Waals surface area contributed by atoms with Gasteiger partial charge in [0, 0.05) is 18.8 Å². The van der Waals surface area contributed by atoms with E-state index < -0.39 is 10.0 Å². The lowest BCUT2D eigenvalue weighted by Crippen LogP contribution is -2.23. The number of sulfonamides is 1. The van der Waals surface area contributed by atoms with Gasteiger partial charge in [-0.05, 0) is 43.2 Å². The van der Waals surface area contributed by atoms with Crippen molar-refractivity contribution in [2.24, 2.45) is 0 Å². The molecule has 2 aromatic rings. The van der Waals surface area contributed by atoms with Gasteiger partial charge in [0.25, 0.3) is 10.0 Å². The van der Waals surface area contributed by atoms with Crippen LogP contribution in [0.15, 0.2) is 47.4 Å². The Kier molecular flexibility index (Phi) is 4.37. The first kappa shape index (κ1) is 16.0. The van der Waals surface area contributed by atoms with Crippen molar-refractivity contribution in [2.45, 2.75) is 17.7 Å². The molecule has 0 radical (unpaired) electrons. The van der Waals surface area contributed by atoms with Gasteiger partial charge in [0.1, 0.15) is 4.90 Å². The van der Waals surface area contributed by atoms with Crippen molar-refractivity contribution >= 4 is 38.7 Å². The van der Waals surface area contributed by atoms with E-state index in [1.807, 2.05) is 0 Å². The standard InChI is InChI=1S/C16H18ClN3O2S/c17-13-5-1-2-6-14(13)19-23(21,22)16-11-12(18)7-8-15(16)20-9-3-4-10-20/h1-2,5-8,11,19H,3-4,9-10,18H2. The minimum atomic E-state index is -3.78. The molecule has 1 heterocycles. The predicted molar refractivity (Wildman–Crippen MR) is 94.6 cm³/mol. The number of benzene rings is 2. The van der Waals surface area contributed by atoms with Crippen molar-refractivity contribution in [2.75, 3.05) is 28.4 Å². The summed E-state index contributed by atoms with van der Waals surface area (Å²) in [7, 11) is -3.78. The van der Waals surface area contributed by atoms with Crippen molar-refractivity contribution in [3.05, 3.63) is 47.5 Å². The zero-order valence-electron chi connectivity index (χ0n) is 12.5. The number of nitrogens with zero attached hydrogens (tertiary/aromatic N) is 1. The molecule has 0 atom stereocenters. The van der Waals surface area contributed by atoms with Gasteiger partial charge in [-0.15, -0.1) is 0 Å². The van der Waals surface area contributed by atoms with Crippen LogP contribution in [-0.4, -0.2) is 21.5 Å². The summed E-state index contributed by atoms with van der Waals surface area (Å²) < 4.78 is 28.2. The molecule has 3 N–H and O–H groups in total. The molecular weight excluding hydrogens is 334 g/mol. The highest BCUT2D eigenvalue weighted by molar-refractivity contribution is 7.93. The first-order valence-corrected chi connectivity index (χ1v) is 9.25. The Morgan fingerprint density at radius 1 is 1.09 bits per heavy atom. The topological polar surface area (TPSA) is 75.4 Å². The number of para-hydroxylation sites is 1. The SMILES string of the molecule is Nc1ccc(N2CCCC2)c(S(=O)(=O)Nc2ccccc2Cl)c1. The summed E-state index contributed by atoms with van der Waals surface area (Å²) in [5.41, 5.74) is 7.25. The van der Waals surface area contributed by atoms with Crippen LogP contribution in [0.2, 0.25) is 5.02 Å². The van der Waals surface area contributed by atoms with Crippen LogP contribution in [0.3, 0.4) is 0 Å². The minimum Gasteiger partial charge on any atom is -0.399 e. The smallest absolute Gasteiger partial charge is 0.264 e. The molecule has 7 heteroatoms. The lowest BCUT2D eigenvalue weighted by molar-refractivity contribution is 0.601. The maximum absolute atomic E-state index is 12.8. The van der Waals surface area contributed by atoms with Crippen LogP contribution < -0.4 is 15.4 Å².